The molecule has 3 nitrogen and oxygen atoms in total. The Balaban J connectivity index is 2.10. The molecule has 4 heteroatoms. The molecule has 1 N–H and O–H groups in total. The van der Waals surface area contributed by atoms with E-state index in [9.17, 15) is 14.7 Å². The number of carbonyl (C=O) groups excluding carboxylic acids is 2. The van der Waals surface area contributed by atoms with Crippen molar-refractivity contribution in [2.75, 3.05) is 0 Å². The normalized spacial score (nSPS) is 33.0. The number of benzene rings is 1. The molecule has 3 rings (SSSR count). The van der Waals surface area contributed by atoms with Gasteiger partial charge in [-0.15, -0.1) is 0 Å². The first-order chi connectivity index (χ1) is 9.43. The third-order valence-corrected chi connectivity index (χ3v) is 4.93. The van der Waals surface area contributed by atoms with Crippen LogP contribution in [-0.4, -0.2) is 16.7 Å². The van der Waals surface area contributed by atoms with E-state index in [0.29, 0.717) is 10.6 Å². The van der Waals surface area contributed by atoms with Gasteiger partial charge >= 0.3 is 0 Å². The molecule has 0 aromatic heterocycles. The van der Waals surface area contributed by atoms with E-state index in [1.54, 1.807) is 19.1 Å². The van der Waals surface area contributed by atoms with Crippen molar-refractivity contribution in [2.24, 2.45) is 17.8 Å². The van der Waals surface area contributed by atoms with E-state index in [2.05, 4.69) is 0 Å². The molecule has 0 spiro atoms. The van der Waals surface area contributed by atoms with Gasteiger partial charge in [-0.2, -0.15) is 0 Å². The van der Waals surface area contributed by atoms with Crippen LogP contribution in [0.1, 0.15) is 25.3 Å². The highest BCUT2D eigenvalue weighted by atomic mass is 35.5. The van der Waals surface area contributed by atoms with Gasteiger partial charge in [0.2, 0.25) is 5.78 Å². The van der Waals surface area contributed by atoms with E-state index in [4.69, 9.17) is 11.6 Å². The summed E-state index contributed by atoms with van der Waals surface area (Å²) in [5.74, 6) is -1.99. The zero-order chi connectivity index (χ0) is 14.6. The lowest BCUT2D eigenvalue weighted by atomic mass is 9.82. The molecule has 2 aliphatic carbocycles. The third kappa shape index (κ3) is 1.66. The zero-order valence-electron chi connectivity index (χ0n) is 11.3. The van der Waals surface area contributed by atoms with Crippen molar-refractivity contribution < 1.29 is 14.7 Å². The summed E-state index contributed by atoms with van der Waals surface area (Å²) in [6, 6.07) is 7.25. The largest absolute Gasteiger partial charge is 0.504 e. The summed E-state index contributed by atoms with van der Waals surface area (Å²) < 4.78 is 0. The van der Waals surface area contributed by atoms with E-state index in [1.165, 1.54) is 0 Å². The Bertz CT molecular complexity index is 630. The van der Waals surface area contributed by atoms with Crippen molar-refractivity contribution in [2.45, 2.75) is 19.8 Å². The van der Waals surface area contributed by atoms with E-state index < -0.39 is 11.7 Å². The molecule has 0 unspecified atom stereocenters. The number of Topliss-reactive ketones (excluding diaryl/α,β-unsaturated/α-hetero) is 2. The minimum atomic E-state index is -0.750. The van der Waals surface area contributed by atoms with E-state index in [-0.39, 0.29) is 29.3 Å². The average molecular weight is 291 g/mol. The lowest BCUT2D eigenvalue weighted by Gasteiger charge is -2.20. The number of allylic oxidation sites excluding steroid dienone is 2. The fourth-order valence-electron chi connectivity index (χ4n) is 3.71. The van der Waals surface area contributed by atoms with Crippen molar-refractivity contribution in [1.82, 2.24) is 0 Å². The Morgan fingerprint density at radius 2 is 1.70 bits per heavy atom. The molecule has 1 fully saturated rings. The van der Waals surface area contributed by atoms with Crippen molar-refractivity contribution >= 4 is 23.2 Å². The van der Waals surface area contributed by atoms with Crippen LogP contribution in [0.3, 0.4) is 0 Å². The van der Waals surface area contributed by atoms with Gasteiger partial charge in [0.05, 0.1) is 5.92 Å². The molecule has 2 aliphatic rings. The van der Waals surface area contributed by atoms with E-state index >= 15 is 0 Å². The predicted molar refractivity (Wildman–Crippen MR) is 75.7 cm³/mol. The van der Waals surface area contributed by atoms with Gasteiger partial charge in [0, 0.05) is 16.9 Å². The number of carbonyl (C=O) groups is 2. The molecule has 104 valence electrons. The van der Waals surface area contributed by atoms with Crippen LogP contribution in [0.5, 0.6) is 0 Å². The number of ketones is 2. The number of fused-ring (bicyclic) bond motifs is 2. The first-order valence-electron chi connectivity index (χ1n) is 6.66. The van der Waals surface area contributed by atoms with Crippen LogP contribution in [-0.2, 0) is 9.59 Å². The molecule has 0 aliphatic heterocycles. The maximum Gasteiger partial charge on any atom is 0.208 e. The van der Waals surface area contributed by atoms with Crippen molar-refractivity contribution in [3.8, 4) is 0 Å². The Morgan fingerprint density at radius 3 is 2.30 bits per heavy atom. The summed E-state index contributed by atoms with van der Waals surface area (Å²) in [5, 5.41) is 10.6. The summed E-state index contributed by atoms with van der Waals surface area (Å²) in [5.41, 5.74) is 1.44. The second-order valence-corrected chi connectivity index (χ2v) is 6.13. The lowest BCUT2D eigenvalue weighted by Crippen LogP contribution is -2.32. The molecule has 20 heavy (non-hydrogen) atoms. The molecule has 0 amide bonds. The van der Waals surface area contributed by atoms with Gasteiger partial charge in [-0.05, 0) is 36.1 Å². The number of halogens is 1. The second-order valence-electron chi connectivity index (χ2n) is 5.69. The fourth-order valence-corrected chi connectivity index (χ4v) is 3.84. The van der Waals surface area contributed by atoms with Gasteiger partial charge in [-0.3, -0.25) is 9.59 Å². The maximum absolute atomic E-state index is 12.4. The molecular weight excluding hydrogens is 276 g/mol. The second kappa shape index (κ2) is 4.45. The van der Waals surface area contributed by atoms with Gasteiger partial charge in [0.25, 0.3) is 0 Å². The summed E-state index contributed by atoms with van der Waals surface area (Å²) in [4.78, 5) is 24.7. The van der Waals surface area contributed by atoms with Gasteiger partial charge in [0.15, 0.2) is 11.5 Å². The van der Waals surface area contributed by atoms with Gasteiger partial charge in [-0.25, -0.2) is 0 Å². The van der Waals surface area contributed by atoms with Crippen LogP contribution < -0.4 is 0 Å². The number of aliphatic hydroxyl groups is 1. The fraction of sp³-hybridized carbons (Fsp3) is 0.375. The Hall–Kier alpha value is -1.61. The Labute approximate surface area is 122 Å². The van der Waals surface area contributed by atoms with Crippen molar-refractivity contribution in [3.63, 3.8) is 0 Å². The number of hydrogen-bond donors (Lipinski definition) is 1. The van der Waals surface area contributed by atoms with Crippen LogP contribution in [0.4, 0.5) is 0 Å². The molecule has 1 saturated carbocycles. The van der Waals surface area contributed by atoms with Gasteiger partial charge < -0.3 is 5.11 Å². The molecular formula is C16H15ClO3. The van der Waals surface area contributed by atoms with E-state index in [1.807, 2.05) is 19.1 Å². The average Bonchev–Trinajstić information content (AvgIpc) is 2.64. The minimum Gasteiger partial charge on any atom is -0.504 e. The monoisotopic (exact) mass is 290 g/mol. The van der Waals surface area contributed by atoms with Crippen LogP contribution in [0.2, 0.25) is 5.02 Å². The van der Waals surface area contributed by atoms with Crippen LogP contribution in [0.25, 0.3) is 0 Å². The highest BCUT2D eigenvalue weighted by Crippen LogP contribution is 2.52. The first kappa shape index (κ1) is 13.4. The highest BCUT2D eigenvalue weighted by Gasteiger charge is 2.56. The third-order valence-electron chi connectivity index (χ3n) is 4.68. The van der Waals surface area contributed by atoms with Crippen molar-refractivity contribution in [1.29, 1.82) is 0 Å². The molecule has 0 radical (unpaired) electrons. The standard InChI is InChI=1S/C16H15ClO3/c1-7-11-8(2)14(18)16(20)13(15(11)19)12(7)9-3-5-10(17)6-4-9/h3-7,11-13,18H,1-2H3/t7-,11+,12-,13+/m0/s1. The Kier molecular flexibility index (Phi) is 2.98. The van der Waals surface area contributed by atoms with Crippen LogP contribution >= 0.6 is 11.6 Å². The summed E-state index contributed by atoms with van der Waals surface area (Å²) >= 11 is 5.89. The molecule has 0 saturated heterocycles. The molecule has 1 aromatic carbocycles. The van der Waals surface area contributed by atoms with Gasteiger partial charge in [0.1, 0.15) is 0 Å². The number of aliphatic hydroxyl groups excluding tert-OH is 1. The highest BCUT2D eigenvalue weighted by molar-refractivity contribution is 6.30. The smallest absolute Gasteiger partial charge is 0.208 e. The predicted octanol–water partition coefficient (Wildman–Crippen LogP) is 3.29. The summed E-state index contributed by atoms with van der Waals surface area (Å²) in [7, 11) is 0. The van der Waals surface area contributed by atoms with Gasteiger partial charge in [-0.1, -0.05) is 30.7 Å². The number of hydrogen-bond acceptors (Lipinski definition) is 3. The lowest BCUT2D eigenvalue weighted by molar-refractivity contribution is -0.133. The quantitative estimate of drug-likeness (QED) is 0.808. The molecule has 2 bridgehead atoms. The SMILES string of the molecule is CC1=C(O)C(=O)[C@H]2C(=O)[C@@H]1[C@H](C)[C@H]2c1ccc(Cl)cc1. The zero-order valence-corrected chi connectivity index (χ0v) is 12.0. The summed E-state index contributed by atoms with van der Waals surface area (Å²) in [6.07, 6.45) is 0. The molecule has 1 aromatic rings. The first-order valence-corrected chi connectivity index (χ1v) is 7.04. The topological polar surface area (TPSA) is 54.4 Å². The van der Waals surface area contributed by atoms with Crippen LogP contribution in [0, 0.1) is 17.8 Å². The van der Waals surface area contributed by atoms with E-state index in [0.717, 1.165) is 5.56 Å². The summed E-state index contributed by atoms with van der Waals surface area (Å²) in [6.45, 7) is 3.64. The van der Waals surface area contributed by atoms with Crippen molar-refractivity contribution in [3.05, 3.63) is 46.2 Å². The Morgan fingerprint density at radius 1 is 1.10 bits per heavy atom. The molecule has 4 atom stereocenters. The van der Waals surface area contributed by atoms with Crippen LogP contribution in [0.15, 0.2) is 35.6 Å². The minimum absolute atomic E-state index is 0.00211. The molecule has 0 heterocycles. The maximum atomic E-state index is 12.4. The number of rotatable bonds is 1.